The van der Waals surface area contributed by atoms with Gasteiger partial charge in [-0.3, -0.25) is 4.39 Å². The van der Waals surface area contributed by atoms with Gasteiger partial charge in [0.15, 0.2) is 0 Å². The maximum absolute atomic E-state index is 9.50. The topological polar surface area (TPSA) is 0 Å². The summed E-state index contributed by atoms with van der Waals surface area (Å²) in [5.41, 5.74) is 2.58. The number of hydrogen-bond donors (Lipinski definition) is 0. The standard InChI is InChI=1S/C10H12.CH3F/c1-3-4-10-7-5-9(2)6-8-10;1-2/h3-8H,1-2H3;1H3/b4-3+;. The number of alkyl halides is 1. The Balaban J connectivity index is 0.000000561. The molecule has 0 radical (unpaired) electrons. The van der Waals surface area contributed by atoms with Gasteiger partial charge in [-0.1, -0.05) is 42.0 Å². The molecule has 0 fully saturated rings. The summed E-state index contributed by atoms with van der Waals surface area (Å²) in [6, 6.07) is 8.48. The van der Waals surface area contributed by atoms with Crippen molar-refractivity contribution >= 4 is 6.08 Å². The molecule has 0 aliphatic carbocycles. The summed E-state index contributed by atoms with van der Waals surface area (Å²) in [4.78, 5) is 0. The molecule has 1 rings (SSSR count). The van der Waals surface area contributed by atoms with Crippen LogP contribution in [-0.4, -0.2) is 7.18 Å². The first-order valence-electron chi connectivity index (χ1n) is 3.90. The third-order valence-electron chi connectivity index (χ3n) is 1.44. The lowest BCUT2D eigenvalue weighted by atomic mass is 10.1. The number of halogens is 1. The summed E-state index contributed by atoms with van der Waals surface area (Å²) >= 11 is 0. The zero-order chi connectivity index (χ0) is 9.40. The van der Waals surface area contributed by atoms with E-state index in [2.05, 4.69) is 37.3 Å². The Kier molecular flexibility index (Phi) is 5.98. The van der Waals surface area contributed by atoms with E-state index in [4.69, 9.17) is 0 Å². The van der Waals surface area contributed by atoms with Crippen LogP contribution in [0.3, 0.4) is 0 Å². The van der Waals surface area contributed by atoms with Crippen LogP contribution < -0.4 is 0 Å². The molecule has 0 heterocycles. The highest BCUT2D eigenvalue weighted by Crippen LogP contribution is 2.04. The fourth-order valence-corrected chi connectivity index (χ4v) is 0.870. The first-order valence-corrected chi connectivity index (χ1v) is 3.90. The fraction of sp³-hybridized carbons (Fsp3) is 0.273. The maximum Gasteiger partial charge on any atom is 0.0785 e. The molecule has 0 saturated heterocycles. The number of aryl methyl sites for hydroxylation is 1. The summed E-state index contributed by atoms with van der Waals surface area (Å²) in [6.07, 6.45) is 4.14. The van der Waals surface area contributed by atoms with E-state index in [9.17, 15) is 4.39 Å². The lowest BCUT2D eigenvalue weighted by Crippen LogP contribution is -1.71. The lowest BCUT2D eigenvalue weighted by molar-refractivity contribution is 0.636. The lowest BCUT2D eigenvalue weighted by Gasteiger charge is -1.92. The predicted octanol–water partition coefficient (Wildman–Crippen LogP) is 3.61. The van der Waals surface area contributed by atoms with Gasteiger partial charge < -0.3 is 0 Å². The van der Waals surface area contributed by atoms with Gasteiger partial charge in [0.2, 0.25) is 0 Å². The predicted molar refractivity (Wildman–Crippen MR) is 52.9 cm³/mol. The van der Waals surface area contributed by atoms with Crippen molar-refractivity contribution in [2.24, 2.45) is 0 Å². The Labute approximate surface area is 73.7 Å². The molecule has 66 valence electrons. The fourth-order valence-electron chi connectivity index (χ4n) is 0.870. The van der Waals surface area contributed by atoms with Crippen LogP contribution in [-0.2, 0) is 0 Å². The van der Waals surface area contributed by atoms with Crippen LogP contribution in [0.15, 0.2) is 30.3 Å². The van der Waals surface area contributed by atoms with Crippen molar-refractivity contribution in [1.29, 1.82) is 0 Å². The van der Waals surface area contributed by atoms with E-state index < -0.39 is 0 Å². The van der Waals surface area contributed by atoms with Crippen molar-refractivity contribution in [2.75, 3.05) is 7.18 Å². The van der Waals surface area contributed by atoms with E-state index in [-0.39, 0.29) is 0 Å². The summed E-state index contributed by atoms with van der Waals surface area (Å²) in [7, 11) is 0.500. The molecule has 0 atom stereocenters. The Morgan fingerprint density at radius 2 is 1.58 bits per heavy atom. The molecule has 0 spiro atoms. The molecule has 0 nitrogen and oxygen atoms in total. The largest absolute Gasteiger partial charge is 0.255 e. The number of hydrogen-bond acceptors (Lipinski definition) is 0. The first-order chi connectivity index (χ1) is 5.83. The second kappa shape index (κ2) is 6.59. The Hall–Kier alpha value is -1.11. The van der Waals surface area contributed by atoms with Crippen molar-refractivity contribution in [3.8, 4) is 0 Å². The SMILES string of the molecule is C/C=C/c1ccc(C)cc1.CF. The average molecular weight is 166 g/mol. The summed E-state index contributed by atoms with van der Waals surface area (Å²) < 4.78 is 9.50. The molecular formula is C11H15F. The second-order valence-electron chi connectivity index (χ2n) is 2.41. The molecular weight excluding hydrogens is 151 g/mol. The molecule has 1 heteroatoms. The van der Waals surface area contributed by atoms with Crippen LogP contribution in [0.1, 0.15) is 18.1 Å². The van der Waals surface area contributed by atoms with Crippen LogP contribution in [0, 0.1) is 6.92 Å². The van der Waals surface area contributed by atoms with Gasteiger partial charge in [-0.05, 0) is 19.4 Å². The van der Waals surface area contributed by atoms with E-state index in [0.29, 0.717) is 7.18 Å². The summed E-state index contributed by atoms with van der Waals surface area (Å²) in [6.45, 7) is 4.12. The van der Waals surface area contributed by atoms with Gasteiger partial charge >= 0.3 is 0 Å². The molecule has 0 aromatic heterocycles. The van der Waals surface area contributed by atoms with E-state index in [0.717, 1.165) is 0 Å². The molecule has 0 aliphatic heterocycles. The van der Waals surface area contributed by atoms with Gasteiger partial charge in [0.25, 0.3) is 0 Å². The summed E-state index contributed by atoms with van der Waals surface area (Å²) in [5.74, 6) is 0. The molecule has 12 heavy (non-hydrogen) atoms. The van der Waals surface area contributed by atoms with Gasteiger partial charge in [-0.2, -0.15) is 0 Å². The quantitative estimate of drug-likeness (QED) is 0.597. The number of allylic oxidation sites excluding steroid dienone is 1. The second-order valence-corrected chi connectivity index (χ2v) is 2.41. The van der Waals surface area contributed by atoms with Gasteiger partial charge in [-0.25, -0.2) is 0 Å². The minimum absolute atomic E-state index is 0.500. The molecule has 0 saturated carbocycles. The monoisotopic (exact) mass is 166 g/mol. The molecule has 0 N–H and O–H groups in total. The van der Waals surface area contributed by atoms with Crippen molar-refractivity contribution in [2.45, 2.75) is 13.8 Å². The minimum Gasteiger partial charge on any atom is -0.255 e. The highest BCUT2D eigenvalue weighted by molar-refractivity contribution is 5.48. The molecule has 0 amide bonds. The van der Waals surface area contributed by atoms with Gasteiger partial charge in [0.1, 0.15) is 0 Å². The minimum atomic E-state index is 0.500. The zero-order valence-corrected chi connectivity index (χ0v) is 7.84. The maximum atomic E-state index is 9.50. The highest BCUT2D eigenvalue weighted by atomic mass is 19.1. The van der Waals surface area contributed by atoms with Gasteiger partial charge in [0, 0.05) is 0 Å². The molecule has 1 aromatic carbocycles. The van der Waals surface area contributed by atoms with E-state index >= 15 is 0 Å². The van der Waals surface area contributed by atoms with Gasteiger partial charge in [-0.15, -0.1) is 0 Å². The zero-order valence-electron chi connectivity index (χ0n) is 7.84. The van der Waals surface area contributed by atoms with Gasteiger partial charge in [0.05, 0.1) is 7.18 Å². The molecule has 1 aromatic rings. The average Bonchev–Trinajstić information content (AvgIpc) is 2.13. The smallest absolute Gasteiger partial charge is 0.0785 e. The molecule has 0 bridgehead atoms. The van der Waals surface area contributed by atoms with Crippen LogP contribution >= 0.6 is 0 Å². The van der Waals surface area contributed by atoms with Crippen molar-refractivity contribution < 1.29 is 4.39 Å². The Bertz CT molecular complexity index is 221. The third-order valence-corrected chi connectivity index (χ3v) is 1.44. The van der Waals surface area contributed by atoms with Crippen molar-refractivity contribution in [1.82, 2.24) is 0 Å². The molecule has 0 aliphatic rings. The first kappa shape index (κ1) is 10.9. The van der Waals surface area contributed by atoms with E-state index in [1.807, 2.05) is 13.0 Å². The Morgan fingerprint density at radius 1 is 1.08 bits per heavy atom. The van der Waals surface area contributed by atoms with Crippen LogP contribution in [0.4, 0.5) is 4.39 Å². The Morgan fingerprint density at radius 3 is 2.00 bits per heavy atom. The van der Waals surface area contributed by atoms with E-state index in [1.165, 1.54) is 11.1 Å². The highest BCUT2D eigenvalue weighted by Gasteiger charge is 1.83. The normalized spacial score (nSPS) is 9.33. The summed E-state index contributed by atoms with van der Waals surface area (Å²) in [5, 5.41) is 0. The third kappa shape index (κ3) is 3.91. The van der Waals surface area contributed by atoms with E-state index in [1.54, 1.807) is 0 Å². The van der Waals surface area contributed by atoms with Crippen LogP contribution in [0.5, 0.6) is 0 Å². The number of rotatable bonds is 1. The van der Waals surface area contributed by atoms with Crippen molar-refractivity contribution in [3.05, 3.63) is 41.5 Å². The van der Waals surface area contributed by atoms with Crippen LogP contribution in [0.2, 0.25) is 0 Å². The van der Waals surface area contributed by atoms with Crippen molar-refractivity contribution in [3.63, 3.8) is 0 Å². The number of benzene rings is 1. The molecule has 0 unspecified atom stereocenters. The van der Waals surface area contributed by atoms with Crippen LogP contribution in [0.25, 0.3) is 6.08 Å².